The smallest absolute Gasteiger partial charge is 0.294 e. The third kappa shape index (κ3) is 5.26. The molecule has 0 N–H and O–H groups in total. The fourth-order valence-corrected chi connectivity index (χ4v) is 4.29. The molecule has 33 heavy (non-hydrogen) atoms. The lowest BCUT2D eigenvalue weighted by Crippen LogP contribution is -2.03. The van der Waals surface area contributed by atoms with Crippen LogP contribution in [0.4, 0.5) is 18.9 Å². The Labute approximate surface area is 193 Å². The first-order valence-corrected chi connectivity index (χ1v) is 10.9. The second-order valence-electron chi connectivity index (χ2n) is 7.50. The number of Topliss-reactive ketones (excluding diaryl/α,β-unsaturated/α-hetero) is 1. The van der Waals surface area contributed by atoms with E-state index in [2.05, 4.69) is 9.98 Å². The van der Waals surface area contributed by atoms with Crippen LogP contribution in [0.15, 0.2) is 77.8 Å². The largest absolute Gasteiger partial charge is 0.416 e. The molecule has 0 fully saturated rings. The standard InChI is InChI=1S/C26H19F3N2OS/c1-16-24(17(2)32)33-25(31-16)21-4-3-5-23(14-21)30-15-18-6-8-19(9-7-18)20-10-12-22(13-11-20)26(27,28)29/h3-15H,1-2H3. The number of rotatable bonds is 5. The van der Waals surface area contributed by atoms with Crippen LogP contribution in [-0.2, 0) is 6.18 Å². The summed E-state index contributed by atoms with van der Waals surface area (Å²) < 4.78 is 38.2. The summed E-state index contributed by atoms with van der Waals surface area (Å²) in [5.41, 5.74) is 4.10. The zero-order valence-corrected chi connectivity index (χ0v) is 18.7. The molecule has 4 aromatic rings. The number of benzene rings is 3. The van der Waals surface area contributed by atoms with Crippen LogP contribution in [0.1, 0.15) is 33.4 Å². The molecular weight excluding hydrogens is 445 g/mol. The minimum absolute atomic E-state index is 0.00478. The first-order valence-electron chi connectivity index (χ1n) is 10.1. The van der Waals surface area contributed by atoms with Gasteiger partial charge in [0.05, 0.1) is 21.8 Å². The Bertz CT molecular complexity index is 1320. The van der Waals surface area contributed by atoms with Gasteiger partial charge in [0.1, 0.15) is 5.01 Å². The quantitative estimate of drug-likeness (QED) is 0.224. The van der Waals surface area contributed by atoms with Crippen molar-refractivity contribution < 1.29 is 18.0 Å². The van der Waals surface area contributed by atoms with E-state index in [9.17, 15) is 18.0 Å². The van der Waals surface area contributed by atoms with E-state index in [1.165, 1.54) is 30.4 Å². The summed E-state index contributed by atoms with van der Waals surface area (Å²) in [6.45, 7) is 3.36. The van der Waals surface area contributed by atoms with E-state index in [0.717, 1.165) is 45.2 Å². The highest BCUT2D eigenvalue weighted by atomic mass is 32.1. The van der Waals surface area contributed by atoms with Crippen LogP contribution in [0, 0.1) is 6.92 Å². The monoisotopic (exact) mass is 464 g/mol. The van der Waals surface area contributed by atoms with E-state index >= 15 is 0 Å². The molecule has 7 heteroatoms. The summed E-state index contributed by atoms with van der Waals surface area (Å²) >= 11 is 1.37. The zero-order chi connectivity index (χ0) is 23.6. The maximum absolute atomic E-state index is 12.7. The van der Waals surface area contributed by atoms with Gasteiger partial charge >= 0.3 is 6.18 Å². The molecular formula is C26H19F3N2OS. The predicted octanol–water partition coefficient (Wildman–Crippen LogP) is 7.76. The van der Waals surface area contributed by atoms with Crippen LogP contribution in [0.3, 0.4) is 0 Å². The third-order valence-corrected chi connectivity index (χ3v) is 6.34. The number of carbonyl (C=O) groups is 1. The van der Waals surface area contributed by atoms with Gasteiger partial charge in [-0.25, -0.2) is 4.98 Å². The number of thiazole rings is 1. The van der Waals surface area contributed by atoms with Crippen LogP contribution >= 0.6 is 11.3 Å². The molecule has 0 atom stereocenters. The van der Waals surface area contributed by atoms with Crippen molar-refractivity contribution in [2.45, 2.75) is 20.0 Å². The summed E-state index contributed by atoms with van der Waals surface area (Å²) in [6.07, 6.45) is -2.62. The summed E-state index contributed by atoms with van der Waals surface area (Å²) in [5.74, 6) is 0.00478. The van der Waals surface area contributed by atoms with Gasteiger partial charge < -0.3 is 0 Å². The average Bonchev–Trinajstić information content (AvgIpc) is 3.20. The Balaban J connectivity index is 1.50. The second-order valence-corrected chi connectivity index (χ2v) is 8.49. The predicted molar refractivity (Wildman–Crippen MR) is 126 cm³/mol. The van der Waals surface area contributed by atoms with Gasteiger partial charge in [-0.05, 0) is 47.9 Å². The minimum Gasteiger partial charge on any atom is -0.294 e. The number of aryl methyl sites for hydroxylation is 1. The van der Waals surface area contributed by atoms with E-state index in [-0.39, 0.29) is 5.78 Å². The molecule has 0 aliphatic heterocycles. The molecule has 3 nitrogen and oxygen atoms in total. The van der Waals surface area contributed by atoms with Crippen molar-refractivity contribution in [2.75, 3.05) is 0 Å². The number of alkyl halides is 3. The van der Waals surface area contributed by atoms with Crippen molar-refractivity contribution in [2.24, 2.45) is 4.99 Å². The molecule has 0 aliphatic carbocycles. The lowest BCUT2D eigenvalue weighted by Gasteiger charge is -2.08. The first-order chi connectivity index (χ1) is 15.7. The molecule has 0 amide bonds. The van der Waals surface area contributed by atoms with Crippen LogP contribution < -0.4 is 0 Å². The highest BCUT2D eigenvalue weighted by Crippen LogP contribution is 2.32. The van der Waals surface area contributed by atoms with E-state index < -0.39 is 11.7 Å². The number of aliphatic imine (C=N–C) groups is 1. The van der Waals surface area contributed by atoms with Crippen LogP contribution in [0.5, 0.6) is 0 Å². The highest BCUT2D eigenvalue weighted by molar-refractivity contribution is 7.17. The molecule has 3 aromatic carbocycles. The molecule has 0 saturated carbocycles. The Kier molecular flexibility index (Phi) is 6.24. The molecule has 0 bridgehead atoms. The summed E-state index contributed by atoms with van der Waals surface area (Å²) in [5, 5.41) is 0.774. The molecule has 0 unspecified atom stereocenters. The van der Waals surface area contributed by atoms with E-state index in [4.69, 9.17) is 0 Å². The molecule has 0 saturated heterocycles. The number of carbonyl (C=O) groups excluding carboxylic acids is 1. The lowest BCUT2D eigenvalue weighted by atomic mass is 10.0. The van der Waals surface area contributed by atoms with E-state index in [0.29, 0.717) is 10.4 Å². The normalized spacial score (nSPS) is 11.8. The number of halogens is 3. The van der Waals surface area contributed by atoms with Gasteiger partial charge in [0, 0.05) is 18.7 Å². The van der Waals surface area contributed by atoms with Crippen LogP contribution in [0.2, 0.25) is 0 Å². The zero-order valence-electron chi connectivity index (χ0n) is 17.9. The lowest BCUT2D eigenvalue weighted by molar-refractivity contribution is -0.137. The summed E-state index contributed by atoms with van der Waals surface area (Å²) in [7, 11) is 0. The van der Waals surface area contributed by atoms with Gasteiger partial charge in [0.15, 0.2) is 5.78 Å². The van der Waals surface area contributed by atoms with Crippen molar-refractivity contribution in [3.63, 3.8) is 0 Å². The number of hydrogen-bond donors (Lipinski definition) is 0. The highest BCUT2D eigenvalue weighted by Gasteiger charge is 2.29. The Morgan fingerprint density at radius 2 is 1.58 bits per heavy atom. The number of ketones is 1. The molecule has 1 heterocycles. The van der Waals surface area contributed by atoms with Gasteiger partial charge in [-0.1, -0.05) is 48.5 Å². The SMILES string of the molecule is CC(=O)c1sc(-c2cccc(N=Cc3ccc(-c4ccc(C(F)(F)F)cc4)cc3)c2)nc1C. The second kappa shape index (κ2) is 9.11. The molecule has 0 spiro atoms. The Morgan fingerprint density at radius 3 is 2.15 bits per heavy atom. The van der Waals surface area contributed by atoms with Crippen LogP contribution in [0.25, 0.3) is 21.7 Å². The van der Waals surface area contributed by atoms with Gasteiger partial charge in [-0.2, -0.15) is 13.2 Å². The topological polar surface area (TPSA) is 42.3 Å². The fourth-order valence-electron chi connectivity index (χ4n) is 3.33. The number of nitrogens with zero attached hydrogens (tertiary/aromatic N) is 2. The number of aromatic nitrogens is 1. The molecule has 0 aliphatic rings. The minimum atomic E-state index is -4.34. The Morgan fingerprint density at radius 1 is 0.939 bits per heavy atom. The summed E-state index contributed by atoms with van der Waals surface area (Å²) in [4.78, 5) is 21.4. The van der Waals surface area contributed by atoms with E-state index in [1.807, 2.05) is 55.5 Å². The average molecular weight is 465 g/mol. The van der Waals surface area contributed by atoms with Gasteiger partial charge in [-0.3, -0.25) is 9.79 Å². The Hall–Kier alpha value is -3.58. The maximum Gasteiger partial charge on any atom is 0.416 e. The van der Waals surface area contributed by atoms with Crippen LogP contribution in [-0.4, -0.2) is 17.0 Å². The molecule has 0 radical (unpaired) electrons. The molecule has 166 valence electrons. The van der Waals surface area contributed by atoms with Crippen molar-refractivity contribution in [3.8, 4) is 21.7 Å². The maximum atomic E-state index is 12.7. The fraction of sp³-hybridized carbons (Fsp3) is 0.115. The van der Waals surface area contributed by atoms with Gasteiger partial charge in [0.2, 0.25) is 0 Å². The van der Waals surface area contributed by atoms with Crippen molar-refractivity contribution in [1.82, 2.24) is 4.98 Å². The van der Waals surface area contributed by atoms with Gasteiger partial charge in [-0.15, -0.1) is 11.3 Å². The van der Waals surface area contributed by atoms with E-state index in [1.54, 1.807) is 6.21 Å². The first kappa shape index (κ1) is 22.6. The summed E-state index contributed by atoms with van der Waals surface area (Å²) in [6, 6.07) is 20.1. The molecule has 1 aromatic heterocycles. The van der Waals surface area contributed by atoms with Gasteiger partial charge in [0.25, 0.3) is 0 Å². The van der Waals surface area contributed by atoms with Crippen molar-refractivity contribution in [3.05, 3.63) is 94.5 Å². The third-order valence-electron chi connectivity index (χ3n) is 5.03. The number of hydrogen-bond acceptors (Lipinski definition) is 4. The molecule has 4 rings (SSSR count). The van der Waals surface area contributed by atoms with Crippen molar-refractivity contribution in [1.29, 1.82) is 0 Å². The van der Waals surface area contributed by atoms with Crippen molar-refractivity contribution >= 4 is 29.0 Å².